The first-order valence-corrected chi connectivity index (χ1v) is 10.9. The highest BCUT2D eigenvalue weighted by Gasteiger charge is 2.34. The second-order valence-corrected chi connectivity index (χ2v) is 8.43. The molecule has 1 aliphatic rings. The minimum atomic E-state index is -0.295. The molecule has 0 atom stereocenters. The molecule has 0 saturated heterocycles. The molecule has 1 aliphatic carbocycles. The standard InChI is InChI=1S/C27H27FN2O2/c1-19-3-2-4-22(15-19)18-30(27(32)23-9-10-23)25-13-7-20(8-14-25)16-26(31)29-17-21-5-11-24(28)12-6-21/h2-8,11-15,23H,9-10,16-18H2,1H3,(H,29,31). The zero-order chi connectivity index (χ0) is 22.5. The van der Waals surface area contributed by atoms with Crippen molar-refractivity contribution in [1.29, 1.82) is 0 Å². The summed E-state index contributed by atoms with van der Waals surface area (Å²) < 4.78 is 13.0. The number of aryl methyl sites for hydroxylation is 1. The topological polar surface area (TPSA) is 49.4 Å². The SMILES string of the molecule is Cc1cccc(CN(C(=O)C2CC2)c2ccc(CC(=O)NCc3ccc(F)cc3)cc2)c1. The summed E-state index contributed by atoms with van der Waals surface area (Å²) in [6.45, 7) is 2.94. The van der Waals surface area contributed by atoms with Gasteiger partial charge in [-0.15, -0.1) is 0 Å². The summed E-state index contributed by atoms with van der Waals surface area (Å²) in [7, 11) is 0. The fraction of sp³-hybridized carbons (Fsp3) is 0.259. The molecule has 0 spiro atoms. The molecule has 0 unspecified atom stereocenters. The number of anilines is 1. The lowest BCUT2D eigenvalue weighted by Gasteiger charge is -2.23. The third-order valence-corrected chi connectivity index (χ3v) is 5.63. The maximum absolute atomic E-state index is 13.0. The van der Waals surface area contributed by atoms with Crippen molar-refractivity contribution in [2.45, 2.75) is 39.3 Å². The molecule has 5 heteroatoms. The van der Waals surface area contributed by atoms with Crippen molar-refractivity contribution in [3.63, 3.8) is 0 Å². The molecule has 0 heterocycles. The first-order chi connectivity index (χ1) is 15.5. The van der Waals surface area contributed by atoms with Gasteiger partial charge in [0.1, 0.15) is 5.82 Å². The maximum Gasteiger partial charge on any atom is 0.230 e. The van der Waals surface area contributed by atoms with Crippen LogP contribution in [0.25, 0.3) is 0 Å². The fourth-order valence-corrected chi connectivity index (χ4v) is 3.68. The molecular formula is C27H27FN2O2. The molecule has 4 nitrogen and oxygen atoms in total. The first kappa shape index (κ1) is 21.8. The summed E-state index contributed by atoms with van der Waals surface area (Å²) in [5.74, 6) is -0.113. The Kier molecular flexibility index (Phi) is 6.64. The largest absolute Gasteiger partial charge is 0.352 e. The van der Waals surface area contributed by atoms with E-state index in [1.165, 1.54) is 17.7 Å². The lowest BCUT2D eigenvalue weighted by atomic mass is 10.1. The van der Waals surface area contributed by atoms with E-state index in [0.29, 0.717) is 13.1 Å². The summed E-state index contributed by atoms with van der Waals surface area (Å²) in [6, 6.07) is 21.9. The van der Waals surface area contributed by atoms with Gasteiger partial charge < -0.3 is 10.2 Å². The molecular weight excluding hydrogens is 403 g/mol. The van der Waals surface area contributed by atoms with E-state index in [0.717, 1.165) is 35.2 Å². The van der Waals surface area contributed by atoms with E-state index in [9.17, 15) is 14.0 Å². The van der Waals surface area contributed by atoms with Crippen LogP contribution in [0.15, 0.2) is 72.8 Å². The Morgan fingerprint density at radius 1 is 0.938 bits per heavy atom. The first-order valence-electron chi connectivity index (χ1n) is 10.9. The van der Waals surface area contributed by atoms with Crippen LogP contribution >= 0.6 is 0 Å². The predicted octanol–water partition coefficient (Wildman–Crippen LogP) is 4.94. The number of nitrogens with zero attached hydrogens (tertiary/aromatic N) is 1. The Balaban J connectivity index is 1.40. The normalized spacial score (nSPS) is 12.9. The number of carbonyl (C=O) groups excluding carboxylic acids is 2. The van der Waals surface area contributed by atoms with Crippen LogP contribution in [0.3, 0.4) is 0 Å². The molecule has 0 radical (unpaired) electrons. The zero-order valence-corrected chi connectivity index (χ0v) is 18.2. The van der Waals surface area contributed by atoms with Crippen LogP contribution in [-0.4, -0.2) is 11.8 Å². The van der Waals surface area contributed by atoms with Gasteiger partial charge in [-0.25, -0.2) is 4.39 Å². The van der Waals surface area contributed by atoms with Gasteiger partial charge in [-0.1, -0.05) is 54.1 Å². The van der Waals surface area contributed by atoms with Crippen LogP contribution < -0.4 is 10.2 Å². The van der Waals surface area contributed by atoms with E-state index in [-0.39, 0.29) is 30.0 Å². The number of halogens is 1. The molecule has 3 aromatic carbocycles. The highest BCUT2D eigenvalue weighted by molar-refractivity contribution is 5.96. The summed E-state index contributed by atoms with van der Waals surface area (Å²) in [5, 5.41) is 2.86. The Morgan fingerprint density at radius 2 is 1.62 bits per heavy atom. The Bertz CT molecular complexity index is 1090. The molecule has 0 aromatic heterocycles. The minimum absolute atomic E-state index is 0.104. The monoisotopic (exact) mass is 430 g/mol. The van der Waals surface area contributed by atoms with E-state index < -0.39 is 0 Å². The highest BCUT2D eigenvalue weighted by Crippen LogP contribution is 2.33. The number of nitrogens with one attached hydrogen (secondary N) is 1. The van der Waals surface area contributed by atoms with Gasteiger partial charge in [0.2, 0.25) is 11.8 Å². The molecule has 0 bridgehead atoms. The van der Waals surface area contributed by atoms with Crippen LogP contribution in [0.1, 0.15) is 35.1 Å². The number of hydrogen-bond donors (Lipinski definition) is 1. The predicted molar refractivity (Wildman–Crippen MR) is 123 cm³/mol. The fourth-order valence-electron chi connectivity index (χ4n) is 3.68. The van der Waals surface area contributed by atoms with E-state index in [1.54, 1.807) is 12.1 Å². The van der Waals surface area contributed by atoms with Gasteiger partial charge >= 0.3 is 0 Å². The van der Waals surface area contributed by atoms with E-state index >= 15 is 0 Å². The average Bonchev–Trinajstić information content (AvgIpc) is 3.63. The second-order valence-electron chi connectivity index (χ2n) is 8.43. The van der Waals surface area contributed by atoms with Crippen LogP contribution in [0.5, 0.6) is 0 Å². The molecule has 3 aromatic rings. The van der Waals surface area contributed by atoms with E-state index in [2.05, 4.69) is 11.4 Å². The van der Waals surface area contributed by atoms with Gasteiger partial charge in [0.25, 0.3) is 0 Å². The number of rotatable bonds is 8. The minimum Gasteiger partial charge on any atom is -0.352 e. The molecule has 32 heavy (non-hydrogen) atoms. The number of benzene rings is 3. The summed E-state index contributed by atoms with van der Waals surface area (Å²) >= 11 is 0. The lowest BCUT2D eigenvalue weighted by Crippen LogP contribution is -2.31. The smallest absolute Gasteiger partial charge is 0.230 e. The third-order valence-electron chi connectivity index (χ3n) is 5.63. The van der Waals surface area contributed by atoms with Gasteiger partial charge in [0, 0.05) is 18.2 Å². The van der Waals surface area contributed by atoms with Gasteiger partial charge in [0.15, 0.2) is 0 Å². The van der Waals surface area contributed by atoms with Crippen molar-refractivity contribution >= 4 is 17.5 Å². The molecule has 1 fully saturated rings. The van der Waals surface area contributed by atoms with Crippen LogP contribution in [0.2, 0.25) is 0 Å². The van der Waals surface area contributed by atoms with E-state index in [1.807, 2.05) is 54.3 Å². The Labute approximate surface area is 188 Å². The Hall–Kier alpha value is -3.47. The molecule has 164 valence electrons. The average molecular weight is 431 g/mol. The third kappa shape index (κ3) is 5.82. The van der Waals surface area contributed by atoms with Crippen molar-refractivity contribution in [1.82, 2.24) is 5.32 Å². The maximum atomic E-state index is 13.0. The van der Waals surface area contributed by atoms with Crippen molar-refractivity contribution in [3.8, 4) is 0 Å². The van der Waals surface area contributed by atoms with Gasteiger partial charge in [-0.05, 0) is 60.7 Å². The molecule has 0 aliphatic heterocycles. The van der Waals surface area contributed by atoms with Crippen molar-refractivity contribution in [3.05, 3.63) is 101 Å². The van der Waals surface area contributed by atoms with Crippen molar-refractivity contribution < 1.29 is 14.0 Å². The zero-order valence-electron chi connectivity index (χ0n) is 18.2. The highest BCUT2D eigenvalue weighted by atomic mass is 19.1. The molecule has 1 N–H and O–H groups in total. The van der Waals surface area contributed by atoms with E-state index in [4.69, 9.17) is 0 Å². The van der Waals surface area contributed by atoms with Crippen molar-refractivity contribution in [2.24, 2.45) is 5.92 Å². The molecule has 1 saturated carbocycles. The Morgan fingerprint density at radius 3 is 2.28 bits per heavy atom. The van der Waals surface area contributed by atoms with Gasteiger partial charge in [-0.2, -0.15) is 0 Å². The van der Waals surface area contributed by atoms with Gasteiger partial charge in [0.05, 0.1) is 13.0 Å². The number of hydrogen-bond acceptors (Lipinski definition) is 2. The summed E-state index contributed by atoms with van der Waals surface area (Å²) in [6.07, 6.45) is 2.15. The number of amides is 2. The number of carbonyl (C=O) groups is 2. The quantitative estimate of drug-likeness (QED) is 0.551. The lowest BCUT2D eigenvalue weighted by molar-refractivity contribution is -0.121. The van der Waals surface area contributed by atoms with Crippen LogP contribution in [-0.2, 0) is 29.1 Å². The second kappa shape index (κ2) is 9.77. The summed E-state index contributed by atoms with van der Waals surface area (Å²) in [5.41, 5.74) is 4.84. The summed E-state index contributed by atoms with van der Waals surface area (Å²) in [4.78, 5) is 27.1. The van der Waals surface area contributed by atoms with Crippen molar-refractivity contribution in [2.75, 3.05) is 4.90 Å². The molecule has 2 amide bonds. The van der Waals surface area contributed by atoms with Crippen LogP contribution in [0.4, 0.5) is 10.1 Å². The molecule has 4 rings (SSSR count). The van der Waals surface area contributed by atoms with Crippen LogP contribution in [0, 0.1) is 18.7 Å². The van der Waals surface area contributed by atoms with Gasteiger partial charge in [-0.3, -0.25) is 9.59 Å².